The highest BCUT2D eigenvalue weighted by atomic mass is 16.2. The van der Waals surface area contributed by atoms with Crippen LogP contribution < -0.4 is 10.6 Å². The number of likely N-dealkylation sites (tertiary alicyclic amines) is 1. The summed E-state index contributed by atoms with van der Waals surface area (Å²) in [5.41, 5.74) is -0.0527. The SMILES string of the molecule is CC(C)(C)CCNC(=O)NCCN1C(=O)CC(C(C)(C)C)C1=O. The highest BCUT2D eigenvalue weighted by Crippen LogP contribution is 2.35. The van der Waals surface area contributed by atoms with Crippen molar-refractivity contribution in [3.63, 3.8) is 0 Å². The van der Waals surface area contributed by atoms with Gasteiger partial charge in [0.1, 0.15) is 0 Å². The number of hydrogen-bond acceptors (Lipinski definition) is 3. The first-order valence-corrected chi connectivity index (χ1v) is 8.28. The minimum atomic E-state index is -0.268. The monoisotopic (exact) mass is 325 g/mol. The summed E-state index contributed by atoms with van der Waals surface area (Å²) < 4.78 is 0. The zero-order valence-corrected chi connectivity index (χ0v) is 15.3. The Labute approximate surface area is 139 Å². The predicted octanol–water partition coefficient (Wildman–Crippen LogP) is 2.14. The summed E-state index contributed by atoms with van der Waals surface area (Å²) in [5.74, 6) is -0.544. The van der Waals surface area contributed by atoms with E-state index in [0.29, 0.717) is 6.54 Å². The fraction of sp³-hybridized carbons (Fsp3) is 0.824. The lowest BCUT2D eigenvalue weighted by molar-refractivity contribution is -0.140. The molecule has 1 fully saturated rings. The molecule has 132 valence electrons. The van der Waals surface area contributed by atoms with E-state index in [9.17, 15) is 14.4 Å². The highest BCUT2D eigenvalue weighted by molar-refractivity contribution is 6.03. The molecule has 0 aliphatic carbocycles. The molecule has 1 heterocycles. The lowest BCUT2D eigenvalue weighted by atomic mass is 9.80. The number of amides is 4. The van der Waals surface area contributed by atoms with E-state index in [1.54, 1.807) is 0 Å². The van der Waals surface area contributed by atoms with Gasteiger partial charge in [0.2, 0.25) is 11.8 Å². The lowest BCUT2D eigenvalue weighted by Crippen LogP contribution is -2.43. The average Bonchev–Trinajstić information content (AvgIpc) is 2.64. The molecule has 0 bridgehead atoms. The van der Waals surface area contributed by atoms with Crippen LogP contribution in [0.1, 0.15) is 54.4 Å². The maximum Gasteiger partial charge on any atom is 0.314 e. The molecule has 0 aromatic heterocycles. The van der Waals surface area contributed by atoms with Crippen molar-refractivity contribution in [2.45, 2.75) is 54.4 Å². The van der Waals surface area contributed by atoms with Crippen molar-refractivity contribution in [1.29, 1.82) is 0 Å². The lowest BCUT2D eigenvalue weighted by Gasteiger charge is -2.24. The van der Waals surface area contributed by atoms with E-state index >= 15 is 0 Å². The minimum Gasteiger partial charge on any atom is -0.338 e. The number of rotatable bonds is 5. The Morgan fingerprint density at radius 2 is 1.65 bits per heavy atom. The molecule has 1 aliphatic heterocycles. The van der Waals surface area contributed by atoms with Crippen LogP contribution in [-0.4, -0.2) is 42.4 Å². The quantitative estimate of drug-likeness (QED) is 0.760. The molecule has 4 amide bonds. The number of urea groups is 1. The van der Waals surface area contributed by atoms with Crippen molar-refractivity contribution in [3.05, 3.63) is 0 Å². The van der Waals surface area contributed by atoms with Crippen LogP contribution in [0.2, 0.25) is 0 Å². The third-order valence-electron chi connectivity index (χ3n) is 4.07. The van der Waals surface area contributed by atoms with Gasteiger partial charge >= 0.3 is 6.03 Å². The molecule has 0 saturated carbocycles. The van der Waals surface area contributed by atoms with Crippen LogP contribution in [0.3, 0.4) is 0 Å². The Morgan fingerprint density at radius 3 is 2.13 bits per heavy atom. The van der Waals surface area contributed by atoms with E-state index in [0.717, 1.165) is 6.42 Å². The third-order valence-corrected chi connectivity index (χ3v) is 4.07. The van der Waals surface area contributed by atoms with Gasteiger partial charge in [0.05, 0.1) is 5.92 Å². The minimum absolute atomic E-state index is 0.127. The van der Waals surface area contributed by atoms with E-state index in [1.807, 2.05) is 20.8 Å². The first-order valence-electron chi connectivity index (χ1n) is 8.28. The third kappa shape index (κ3) is 6.20. The van der Waals surface area contributed by atoms with Crippen molar-refractivity contribution in [2.24, 2.45) is 16.7 Å². The normalized spacial score (nSPS) is 19.2. The largest absolute Gasteiger partial charge is 0.338 e. The summed E-state index contributed by atoms with van der Waals surface area (Å²) in [4.78, 5) is 37.2. The Bertz CT molecular complexity index is 461. The average molecular weight is 325 g/mol. The van der Waals surface area contributed by atoms with E-state index in [-0.39, 0.29) is 54.1 Å². The van der Waals surface area contributed by atoms with Gasteiger partial charge in [-0.25, -0.2) is 4.79 Å². The Hall–Kier alpha value is -1.59. The van der Waals surface area contributed by atoms with Crippen LogP contribution in [0.5, 0.6) is 0 Å². The molecule has 2 N–H and O–H groups in total. The molecule has 6 heteroatoms. The fourth-order valence-corrected chi connectivity index (χ4v) is 2.49. The molecule has 0 radical (unpaired) electrons. The van der Waals surface area contributed by atoms with Crippen LogP contribution in [-0.2, 0) is 9.59 Å². The molecule has 1 unspecified atom stereocenters. The van der Waals surface area contributed by atoms with Crippen molar-refractivity contribution in [3.8, 4) is 0 Å². The Morgan fingerprint density at radius 1 is 1.09 bits per heavy atom. The van der Waals surface area contributed by atoms with Gasteiger partial charge in [-0.1, -0.05) is 41.5 Å². The van der Waals surface area contributed by atoms with Gasteiger partial charge in [-0.2, -0.15) is 0 Å². The Balaban J connectivity index is 2.34. The smallest absolute Gasteiger partial charge is 0.314 e. The van der Waals surface area contributed by atoms with Gasteiger partial charge in [-0.05, 0) is 17.3 Å². The molecule has 1 atom stereocenters. The first kappa shape index (κ1) is 19.5. The van der Waals surface area contributed by atoms with Crippen LogP contribution >= 0.6 is 0 Å². The van der Waals surface area contributed by atoms with E-state index in [2.05, 4.69) is 31.4 Å². The van der Waals surface area contributed by atoms with Gasteiger partial charge in [0.15, 0.2) is 0 Å². The maximum absolute atomic E-state index is 12.3. The molecular formula is C17H31N3O3. The summed E-state index contributed by atoms with van der Waals surface area (Å²) >= 11 is 0. The number of imide groups is 1. The van der Waals surface area contributed by atoms with Crippen molar-refractivity contribution in [2.75, 3.05) is 19.6 Å². The molecule has 23 heavy (non-hydrogen) atoms. The number of carbonyl (C=O) groups excluding carboxylic acids is 3. The zero-order chi connectivity index (χ0) is 17.8. The van der Waals surface area contributed by atoms with Crippen molar-refractivity contribution >= 4 is 17.8 Å². The summed E-state index contributed by atoms with van der Waals surface area (Å²) in [6, 6.07) is -0.263. The van der Waals surface area contributed by atoms with Crippen molar-refractivity contribution in [1.82, 2.24) is 15.5 Å². The molecule has 1 saturated heterocycles. The second-order valence-corrected chi connectivity index (χ2v) is 8.50. The summed E-state index contributed by atoms with van der Waals surface area (Å²) in [6.45, 7) is 13.3. The molecule has 0 aromatic rings. The first-order chi connectivity index (χ1) is 10.4. The van der Waals surface area contributed by atoms with Gasteiger partial charge in [-0.15, -0.1) is 0 Å². The van der Waals surface area contributed by atoms with Gasteiger partial charge < -0.3 is 10.6 Å². The van der Waals surface area contributed by atoms with Gasteiger partial charge in [-0.3, -0.25) is 14.5 Å². The molecule has 1 aliphatic rings. The molecule has 0 spiro atoms. The molecule has 6 nitrogen and oxygen atoms in total. The predicted molar refractivity (Wildman–Crippen MR) is 89.8 cm³/mol. The van der Waals surface area contributed by atoms with E-state index in [4.69, 9.17) is 0 Å². The number of nitrogens with zero attached hydrogens (tertiary/aromatic N) is 1. The Kier molecular flexibility index (Phi) is 6.19. The second kappa shape index (κ2) is 7.32. The van der Waals surface area contributed by atoms with Crippen molar-refractivity contribution < 1.29 is 14.4 Å². The number of nitrogens with one attached hydrogen (secondary N) is 2. The van der Waals surface area contributed by atoms with E-state index < -0.39 is 0 Å². The molecule has 0 aromatic carbocycles. The standard InChI is InChI=1S/C17H31N3O3/c1-16(2,3)7-8-18-15(23)19-9-10-20-13(21)11-12(14(20)22)17(4,5)6/h12H,7-11H2,1-6H3,(H2,18,19,23). The topological polar surface area (TPSA) is 78.5 Å². The zero-order valence-electron chi connectivity index (χ0n) is 15.3. The fourth-order valence-electron chi connectivity index (χ4n) is 2.49. The van der Waals surface area contributed by atoms with Crippen LogP contribution in [0.25, 0.3) is 0 Å². The van der Waals surface area contributed by atoms with Crippen LogP contribution in [0.4, 0.5) is 4.79 Å². The number of hydrogen-bond donors (Lipinski definition) is 2. The highest BCUT2D eigenvalue weighted by Gasteiger charge is 2.44. The van der Waals surface area contributed by atoms with E-state index in [1.165, 1.54) is 4.90 Å². The summed E-state index contributed by atoms with van der Waals surface area (Å²) in [6.07, 6.45) is 1.15. The van der Waals surface area contributed by atoms with Gasteiger partial charge in [0.25, 0.3) is 0 Å². The molecule has 1 rings (SSSR count). The number of carbonyl (C=O) groups is 3. The second-order valence-electron chi connectivity index (χ2n) is 8.50. The summed E-state index contributed by atoms with van der Waals surface area (Å²) in [5, 5.41) is 5.48. The molecular weight excluding hydrogens is 294 g/mol. The summed E-state index contributed by atoms with van der Waals surface area (Å²) in [7, 11) is 0. The maximum atomic E-state index is 12.3. The van der Waals surface area contributed by atoms with Gasteiger partial charge in [0, 0.05) is 26.1 Å². The van der Waals surface area contributed by atoms with Crippen LogP contribution in [0, 0.1) is 16.7 Å². The van der Waals surface area contributed by atoms with Crippen LogP contribution in [0.15, 0.2) is 0 Å².